The first-order chi connectivity index (χ1) is 16.0. The summed E-state index contributed by atoms with van der Waals surface area (Å²) >= 11 is 0. The molecule has 0 saturated carbocycles. The number of hydrogen-bond acceptors (Lipinski definition) is 5. The molecule has 0 spiro atoms. The van der Waals surface area contributed by atoms with Gasteiger partial charge in [-0.3, -0.25) is 19.5 Å². The fourth-order valence-corrected chi connectivity index (χ4v) is 3.88. The van der Waals surface area contributed by atoms with Gasteiger partial charge in [-0.05, 0) is 55.2 Å². The van der Waals surface area contributed by atoms with Crippen molar-refractivity contribution in [3.63, 3.8) is 0 Å². The number of carbonyl (C=O) groups is 2. The molecule has 6 heteroatoms. The van der Waals surface area contributed by atoms with Gasteiger partial charge in [0, 0.05) is 24.1 Å². The molecule has 1 aliphatic rings. The van der Waals surface area contributed by atoms with Crippen LogP contribution >= 0.6 is 0 Å². The first-order valence-corrected chi connectivity index (χ1v) is 11.0. The monoisotopic (exact) mass is 441 g/mol. The van der Waals surface area contributed by atoms with Crippen LogP contribution in [0.5, 0.6) is 5.75 Å². The zero-order valence-electron chi connectivity index (χ0n) is 19.1. The number of nitrogens with one attached hydrogen (secondary N) is 1. The predicted molar refractivity (Wildman–Crippen MR) is 128 cm³/mol. The lowest BCUT2D eigenvalue weighted by Gasteiger charge is -2.15. The smallest absolute Gasteiger partial charge is 0.278 e. The SMILES string of the molecule is CCCOc1cccc(NC2=C(c3ccc(C)cc3C)C(=O)N(Cc3cccnc3)C2=O)c1. The van der Waals surface area contributed by atoms with E-state index >= 15 is 0 Å². The number of imide groups is 1. The zero-order valence-corrected chi connectivity index (χ0v) is 19.1. The van der Waals surface area contributed by atoms with Gasteiger partial charge in [-0.15, -0.1) is 0 Å². The van der Waals surface area contributed by atoms with E-state index in [4.69, 9.17) is 4.74 Å². The van der Waals surface area contributed by atoms with Crippen LogP contribution in [-0.4, -0.2) is 28.3 Å². The molecule has 0 aliphatic carbocycles. The van der Waals surface area contributed by atoms with E-state index in [1.165, 1.54) is 4.90 Å². The molecule has 0 unspecified atom stereocenters. The van der Waals surface area contributed by atoms with Crippen LogP contribution in [0.1, 0.15) is 35.6 Å². The highest BCUT2D eigenvalue weighted by molar-refractivity contribution is 6.36. The van der Waals surface area contributed by atoms with Crippen LogP contribution in [0, 0.1) is 13.8 Å². The van der Waals surface area contributed by atoms with Crippen LogP contribution in [0.25, 0.3) is 5.57 Å². The van der Waals surface area contributed by atoms with Gasteiger partial charge in [-0.25, -0.2) is 0 Å². The van der Waals surface area contributed by atoms with E-state index in [9.17, 15) is 9.59 Å². The highest BCUT2D eigenvalue weighted by Crippen LogP contribution is 2.33. The lowest BCUT2D eigenvalue weighted by molar-refractivity contribution is -0.137. The molecule has 2 aromatic carbocycles. The lowest BCUT2D eigenvalue weighted by Crippen LogP contribution is -2.32. The van der Waals surface area contributed by atoms with Gasteiger partial charge >= 0.3 is 0 Å². The van der Waals surface area contributed by atoms with Gasteiger partial charge in [0.15, 0.2) is 0 Å². The molecule has 33 heavy (non-hydrogen) atoms. The summed E-state index contributed by atoms with van der Waals surface area (Å²) in [5, 5.41) is 3.22. The Morgan fingerprint density at radius 1 is 1.00 bits per heavy atom. The summed E-state index contributed by atoms with van der Waals surface area (Å²) in [5.41, 5.74) is 4.89. The second kappa shape index (κ2) is 9.69. The fraction of sp³-hybridized carbons (Fsp3) is 0.222. The molecule has 6 nitrogen and oxygen atoms in total. The Morgan fingerprint density at radius 3 is 2.58 bits per heavy atom. The van der Waals surface area contributed by atoms with Crippen molar-refractivity contribution in [1.82, 2.24) is 9.88 Å². The minimum atomic E-state index is -0.362. The molecule has 2 heterocycles. The molecule has 0 saturated heterocycles. The normalized spacial score (nSPS) is 13.6. The minimum absolute atomic E-state index is 0.157. The van der Waals surface area contributed by atoms with Crippen molar-refractivity contribution in [2.75, 3.05) is 11.9 Å². The van der Waals surface area contributed by atoms with Crippen LogP contribution in [0.2, 0.25) is 0 Å². The van der Waals surface area contributed by atoms with Crippen molar-refractivity contribution in [3.8, 4) is 5.75 Å². The first kappa shape index (κ1) is 22.3. The van der Waals surface area contributed by atoms with E-state index in [-0.39, 0.29) is 24.1 Å². The number of rotatable bonds is 8. The molecular weight excluding hydrogens is 414 g/mol. The molecule has 1 N–H and O–H groups in total. The Labute approximate surface area is 193 Å². The van der Waals surface area contributed by atoms with Crippen LogP contribution in [0.15, 0.2) is 72.7 Å². The summed E-state index contributed by atoms with van der Waals surface area (Å²) in [6.45, 7) is 6.76. The summed E-state index contributed by atoms with van der Waals surface area (Å²) in [6, 6.07) is 16.9. The van der Waals surface area contributed by atoms with Gasteiger partial charge in [0.25, 0.3) is 11.8 Å². The molecule has 0 radical (unpaired) electrons. The summed E-state index contributed by atoms with van der Waals surface area (Å²) in [5.74, 6) is 0.0231. The van der Waals surface area contributed by atoms with Crippen molar-refractivity contribution < 1.29 is 14.3 Å². The summed E-state index contributed by atoms with van der Waals surface area (Å²) in [7, 11) is 0. The third kappa shape index (κ3) is 4.80. The summed E-state index contributed by atoms with van der Waals surface area (Å²) in [4.78, 5) is 32.4. The molecule has 0 fully saturated rings. The second-order valence-corrected chi connectivity index (χ2v) is 8.13. The van der Waals surface area contributed by atoms with Gasteiger partial charge in [0.05, 0.1) is 18.7 Å². The summed E-state index contributed by atoms with van der Waals surface area (Å²) in [6.07, 6.45) is 4.23. The van der Waals surface area contributed by atoms with E-state index in [1.807, 2.05) is 69.3 Å². The number of nitrogens with zero attached hydrogens (tertiary/aromatic N) is 2. The van der Waals surface area contributed by atoms with E-state index < -0.39 is 0 Å². The number of aryl methyl sites for hydroxylation is 2. The van der Waals surface area contributed by atoms with E-state index in [1.54, 1.807) is 18.5 Å². The number of ether oxygens (including phenoxy) is 1. The van der Waals surface area contributed by atoms with Crippen molar-refractivity contribution in [1.29, 1.82) is 0 Å². The topological polar surface area (TPSA) is 71.5 Å². The average molecular weight is 442 g/mol. The van der Waals surface area contributed by atoms with Gasteiger partial charge in [-0.1, -0.05) is 42.8 Å². The molecule has 0 bridgehead atoms. The summed E-state index contributed by atoms with van der Waals surface area (Å²) < 4.78 is 5.73. The zero-order chi connectivity index (χ0) is 23.4. The molecule has 0 atom stereocenters. The van der Waals surface area contributed by atoms with Gasteiger partial charge in [0.1, 0.15) is 11.4 Å². The Balaban J connectivity index is 1.74. The van der Waals surface area contributed by atoms with Crippen molar-refractivity contribution in [3.05, 3.63) is 94.9 Å². The van der Waals surface area contributed by atoms with Crippen LogP contribution in [-0.2, 0) is 16.1 Å². The minimum Gasteiger partial charge on any atom is -0.494 e. The van der Waals surface area contributed by atoms with Crippen molar-refractivity contribution >= 4 is 23.1 Å². The maximum atomic E-state index is 13.5. The van der Waals surface area contributed by atoms with E-state index in [0.717, 1.165) is 28.7 Å². The van der Waals surface area contributed by atoms with Crippen molar-refractivity contribution in [2.45, 2.75) is 33.7 Å². The fourth-order valence-electron chi connectivity index (χ4n) is 3.88. The Hall–Kier alpha value is -3.93. The second-order valence-electron chi connectivity index (χ2n) is 8.13. The Kier molecular flexibility index (Phi) is 6.54. The van der Waals surface area contributed by atoms with E-state index in [0.29, 0.717) is 23.6 Å². The Morgan fingerprint density at radius 2 is 1.85 bits per heavy atom. The molecule has 2 amide bonds. The molecule has 1 aliphatic heterocycles. The van der Waals surface area contributed by atoms with Crippen LogP contribution < -0.4 is 10.1 Å². The molecule has 168 valence electrons. The largest absolute Gasteiger partial charge is 0.494 e. The van der Waals surface area contributed by atoms with E-state index in [2.05, 4.69) is 10.3 Å². The maximum absolute atomic E-state index is 13.5. The predicted octanol–water partition coefficient (Wildman–Crippen LogP) is 4.88. The molecule has 4 rings (SSSR count). The number of anilines is 1. The standard InChI is InChI=1S/C27H27N3O3/c1-4-13-33-22-9-5-8-21(15-22)29-25-24(23-11-10-18(2)14-19(23)3)26(31)30(27(25)32)17-20-7-6-12-28-16-20/h5-12,14-16,29H,4,13,17H2,1-3H3. The van der Waals surface area contributed by atoms with Crippen LogP contribution in [0.4, 0.5) is 5.69 Å². The maximum Gasteiger partial charge on any atom is 0.278 e. The highest BCUT2D eigenvalue weighted by Gasteiger charge is 2.39. The average Bonchev–Trinajstić information content (AvgIpc) is 3.03. The van der Waals surface area contributed by atoms with Crippen LogP contribution in [0.3, 0.4) is 0 Å². The van der Waals surface area contributed by atoms with Crippen molar-refractivity contribution in [2.24, 2.45) is 0 Å². The Bertz CT molecular complexity index is 1220. The third-order valence-corrected chi connectivity index (χ3v) is 5.46. The molecule has 1 aromatic heterocycles. The number of benzene rings is 2. The number of amides is 2. The lowest BCUT2D eigenvalue weighted by atomic mass is 9.97. The third-order valence-electron chi connectivity index (χ3n) is 5.46. The molecular formula is C27H27N3O3. The molecule has 3 aromatic rings. The highest BCUT2D eigenvalue weighted by atomic mass is 16.5. The van der Waals surface area contributed by atoms with Gasteiger partial charge in [-0.2, -0.15) is 0 Å². The van der Waals surface area contributed by atoms with Gasteiger partial charge in [0.2, 0.25) is 0 Å². The number of pyridine rings is 1. The quantitative estimate of drug-likeness (QED) is 0.505. The first-order valence-electron chi connectivity index (χ1n) is 11.0. The number of carbonyl (C=O) groups excluding carboxylic acids is 2. The van der Waals surface area contributed by atoms with Gasteiger partial charge < -0.3 is 10.1 Å². The number of aromatic nitrogens is 1. The number of hydrogen-bond donors (Lipinski definition) is 1.